The summed E-state index contributed by atoms with van der Waals surface area (Å²) in [7, 11) is 0. The van der Waals surface area contributed by atoms with E-state index in [0.29, 0.717) is 0 Å². The van der Waals surface area contributed by atoms with Gasteiger partial charge in [-0.2, -0.15) is 5.10 Å². The number of rotatable bonds is 2. The number of nitrogens with zero attached hydrogens (tertiary/aromatic N) is 5. The van der Waals surface area contributed by atoms with Crippen LogP contribution in [0.4, 0.5) is 5.82 Å². The van der Waals surface area contributed by atoms with E-state index in [2.05, 4.69) is 38.2 Å². The van der Waals surface area contributed by atoms with Crippen molar-refractivity contribution in [1.82, 2.24) is 19.7 Å². The van der Waals surface area contributed by atoms with E-state index >= 15 is 0 Å². The fraction of sp³-hybridized carbons (Fsp3) is 0.316. The minimum absolute atomic E-state index is 0.196. The SMILES string of the molecule is Cc1cnn(-c2cc(N3CC4(COc5ccccc5C4)C3)ncn2)c1. The largest absolute Gasteiger partial charge is 0.493 e. The normalized spacial score (nSPS) is 17.7. The van der Waals surface area contributed by atoms with E-state index in [1.54, 1.807) is 11.0 Å². The Balaban J connectivity index is 1.34. The second-order valence-corrected chi connectivity index (χ2v) is 7.13. The van der Waals surface area contributed by atoms with Gasteiger partial charge in [-0.3, -0.25) is 0 Å². The summed E-state index contributed by atoms with van der Waals surface area (Å²) in [6.45, 7) is 4.70. The van der Waals surface area contributed by atoms with Crippen LogP contribution in [0.2, 0.25) is 0 Å². The van der Waals surface area contributed by atoms with Crippen LogP contribution in [-0.2, 0) is 6.42 Å². The molecule has 2 aromatic heterocycles. The first kappa shape index (κ1) is 14.5. The molecule has 0 bridgehead atoms. The lowest BCUT2D eigenvalue weighted by molar-refractivity contribution is 0.0874. The molecule has 25 heavy (non-hydrogen) atoms. The Bertz CT molecular complexity index is 929. The highest BCUT2D eigenvalue weighted by molar-refractivity contribution is 5.48. The summed E-state index contributed by atoms with van der Waals surface area (Å²) in [6.07, 6.45) is 6.47. The number of hydrogen-bond donors (Lipinski definition) is 0. The summed E-state index contributed by atoms with van der Waals surface area (Å²) < 4.78 is 7.78. The Morgan fingerprint density at radius 1 is 1.12 bits per heavy atom. The van der Waals surface area contributed by atoms with E-state index < -0.39 is 0 Å². The molecule has 6 nitrogen and oxygen atoms in total. The number of ether oxygens (including phenoxy) is 1. The zero-order valence-corrected chi connectivity index (χ0v) is 14.1. The van der Waals surface area contributed by atoms with Crippen LogP contribution < -0.4 is 9.64 Å². The van der Waals surface area contributed by atoms with Gasteiger partial charge in [0.1, 0.15) is 17.9 Å². The topological polar surface area (TPSA) is 56.1 Å². The van der Waals surface area contributed by atoms with Gasteiger partial charge in [0, 0.05) is 30.8 Å². The molecular weight excluding hydrogens is 314 g/mol. The zero-order valence-electron chi connectivity index (χ0n) is 14.1. The highest BCUT2D eigenvalue weighted by Crippen LogP contribution is 2.42. The summed E-state index contributed by atoms with van der Waals surface area (Å²) in [6, 6.07) is 10.3. The average molecular weight is 333 g/mol. The molecular formula is C19H19N5O. The van der Waals surface area contributed by atoms with E-state index in [-0.39, 0.29) is 5.41 Å². The van der Waals surface area contributed by atoms with Crippen molar-refractivity contribution in [2.45, 2.75) is 13.3 Å². The van der Waals surface area contributed by atoms with Gasteiger partial charge in [-0.05, 0) is 30.5 Å². The van der Waals surface area contributed by atoms with E-state index in [4.69, 9.17) is 4.74 Å². The number of para-hydroxylation sites is 1. The van der Waals surface area contributed by atoms with E-state index in [1.165, 1.54) is 5.56 Å². The van der Waals surface area contributed by atoms with Gasteiger partial charge in [0.25, 0.3) is 0 Å². The molecule has 0 amide bonds. The Hall–Kier alpha value is -2.89. The monoisotopic (exact) mass is 333 g/mol. The molecule has 1 saturated heterocycles. The smallest absolute Gasteiger partial charge is 0.158 e. The quantitative estimate of drug-likeness (QED) is 0.721. The maximum Gasteiger partial charge on any atom is 0.158 e. The molecule has 2 aliphatic heterocycles. The van der Waals surface area contributed by atoms with Gasteiger partial charge in [0.05, 0.1) is 12.8 Å². The molecule has 0 unspecified atom stereocenters. The van der Waals surface area contributed by atoms with Gasteiger partial charge in [0.2, 0.25) is 0 Å². The Morgan fingerprint density at radius 2 is 1.96 bits per heavy atom. The maximum atomic E-state index is 5.99. The molecule has 2 aliphatic rings. The van der Waals surface area contributed by atoms with Crippen molar-refractivity contribution in [3.8, 4) is 11.6 Å². The number of hydrogen-bond acceptors (Lipinski definition) is 5. The first-order valence-electron chi connectivity index (χ1n) is 8.50. The van der Waals surface area contributed by atoms with Gasteiger partial charge in [-0.25, -0.2) is 14.6 Å². The van der Waals surface area contributed by atoms with Gasteiger partial charge < -0.3 is 9.64 Å². The molecule has 0 aliphatic carbocycles. The van der Waals surface area contributed by atoms with E-state index in [0.717, 1.165) is 49.1 Å². The van der Waals surface area contributed by atoms with Crippen LogP contribution in [0.1, 0.15) is 11.1 Å². The number of aryl methyl sites for hydroxylation is 1. The maximum absolute atomic E-state index is 5.99. The van der Waals surface area contributed by atoms with Crippen LogP contribution in [0.25, 0.3) is 5.82 Å². The first-order valence-corrected chi connectivity index (χ1v) is 8.50. The van der Waals surface area contributed by atoms with Crippen molar-refractivity contribution in [1.29, 1.82) is 0 Å². The van der Waals surface area contributed by atoms with Crippen molar-refractivity contribution >= 4 is 5.82 Å². The standard InChI is InChI=1S/C19H19N5O/c1-14-8-22-24(9-14)18-6-17(20-13-21-18)23-10-19(11-23)7-15-4-2-3-5-16(15)25-12-19/h2-6,8-9,13H,7,10-12H2,1H3. The molecule has 0 saturated carbocycles. The van der Waals surface area contributed by atoms with E-state index in [9.17, 15) is 0 Å². The zero-order chi connectivity index (χ0) is 16.9. The van der Waals surface area contributed by atoms with Crippen LogP contribution in [0, 0.1) is 12.3 Å². The first-order chi connectivity index (χ1) is 12.2. The molecule has 0 atom stereocenters. The van der Waals surface area contributed by atoms with Crippen molar-refractivity contribution in [2.75, 3.05) is 24.6 Å². The van der Waals surface area contributed by atoms with Crippen molar-refractivity contribution in [3.05, 3.63) is 60.2 Å². The summed E-state index contributed by atoms with van der Waals surface area (Å²) in [5, 5.41) is 4.33. The van der Waals surface area contributed by atoms with Crippen molar-refractivity contribution in [3.63, 3.8) is 0 Å². The molecule has 1 aromatic carbocycles. The van der Waals surface area contributed by atoms with Crippen LogP contribution in [0.3, 0.4) is 0 Å². The molecule has 126 valence electrons. The van der Waals surface area contributed by atoms with Crippen LogP contribution in [0.15, 0.2) is 49.1 Å². The van der Waals surface area contributed by atoms with Gasteiger partial charge >= 0.3 is 0 Å². The van der Waals surface area contributed by atoms with Gasteiger partial charge in [-0.1, -0.05) is 18.2 Å². The fourth-order valence-corrected chi connectivity index (χ4v) is 3.78. The summed E-state index contributed by atoms with van der Waals surface area (Å²) in [5.41, 5.74) is 2.62. The molecule has 4 heterocycles. The Morgan fingerprint density at radius 3 is 2.80 bits per heavy atom. The molecule has 3 aromatic rings. The average Bonchev–Trinajstić information content (AvgIpc) is 3.06. The lowest BCUT2D eigenvalue weighted by Gasteiger charge is -2.52. The minimum atomic E-state index is 0.196. The molecule has 5 rings (SSSR count). The van der Waals surface area contributed by atoms with Crippen LogP contribution in [0.5, 0.6) is 5.75 Å². The molecule has 6 heteroatoms. The van der Waals surface area contributed by atoms with Gasteiger partial charge in [0.15, 0.2) is 5.82 Å². The summed E-state index contributed by atoms with van der Waals surface area (Å²) in [4.78, 5) is 11.1. The van der Waals surface area contributed by atoms with E-state index in [1.807, 2.05) is 31.5 Å². The van der Waals surface area contributed by atoms with Crippen LogP contribution in [-0.4, -0.2) is 39.4 Å². The predicted molar refractivity (Wildman–Crippen MR) is 94.2 cm³/mol. The third-order valence-electron chi connectivity index (χ3n) is 5.03. The molecule has 0 radical (unpaired) electrons. The second kappa shape index (κ2) is 5.31. The lowest BCUT2D eigenvalue weighted by atomic mass is 9.74. The Kier molecular flexibility index (Phi) is 3.07. The van der Waals surface area contributed by atoms with Crippen LogP contribution >= 0.6 is 0 Å². The summed E-state index contributed by atoms with van der Waals surface area (Å²) in [5.74, 6) is 2.77. The third kappa shape index (κ3) is 2.45. The molecule has 1 fully saturated rings. The molecule has 0 N–H and O–H groups in total. The number of aromatic nitrogens is 4. The third-order valence-corrected chi connectivity index (χ3v) is 5.03. The van der Waals surface area contributed by atoms with Gasteiger partial charge in [-0.15, -0.1) is 0 Å². The minimum Gasteiger partial charge on any atom is -0.493 e. The van der Waals surface area contributed by atoms with Crippen molar-refractivity contribution < 1.29 is 4.74 Å². The fourth-order valence-electron chi connectivity index (χ4n) is 3.78. The lowest BCUT2D eigenvalue weighted by Crippen LogP contribution is -2.61. The number of anilines is 1. The predicted octanol–water partition coefficient (Wildman–Crippen LogP) is 2.41. The number of fused-ring (bicyclic) bond motifs is 1. The van der Waals surface area contributed by atoms with Crippen molar-refractivity contribution in [2.24, 2.45) is 5.41 Å². The number of benzene rings is 1. The highest BCUT2D eigenvalue weighted by Gasteiger charge is 2.46. The summed E-state index contributed by atoms with van der Waals surface area (Å²) >= 11 is 0. The molecule has 1 spiro atoms. The second-order valence-electron chi connectivity index (χ2n) is 7.13. The Labute approximate surface area is 146 Å². The highest BCUT2D eigenvalue weighted by atomic mass is 16.5.